The van der Waals surface area contributed by atoms with Gasteiger partial charge in [-0.1, -0.05) is 12.1 Å². The second kappa shape index (κ2) is 5.44. The van der Waals surface area contributed by atoms with E-state index in [0.29, 0.717) is 6.42 Å². The molecule has 0 aliphatic carbocycles. The van der Waals surface area contributed by atoms with Crippen LogP contribution in [-0.4, -0.2) is 23.7 Å². The van der Waals surface area contributed by atoms with Crippen LogP contribution in [0, 0.1) is 0 Å². The number of hydrogen-bond acceptors (Lipinski definition) is 4. The van der Waals surface area contributed by atoms with Crippen molar-refractivity contribution in [2.24, 2.45) is 5.10 Å². The van der Waals surface area contributed by atoms with Gasteiger partial charge in [0.15, 0.2) is 0 Å². The molecule has 0 saturated heterocycles. The fourth-order valence-electron chi connectivity index (χ4n) is 2.55. The molecule has 2 heterocycles. The number of benzene rings is 1. The lowest BCUT2D eigenvalue weighted by Crippen LogP contribution is -2.23. The van der Waals surface area contributed by atoms with Crippen LogP contribution in [0.1, 0.15) is 30.7 Å². The SMILES string of the molecule is COc1ccccc1C1=NN(C(C)=O)[C@@H](c2ccco2)C1. The van der Waals surface area contributed by atoms with Crippen LogP contribution >= 0.6 is 0 Å². The van der Waals surface area contributed by atoms with Gasteiger partial charge in [-0.3, -0.25) is 4.79 Å². The van der Waals surface area contributed by atoms with Crippen molar-refractivity contribution in [1.29, 1.82) is 0 Å². The zero-order valence-corrected chi connectivity index (χ0v) is 11.9. The fraction of sp³-hybridized carbons (Fsp3) is 0.250. The molecule has 0 fully saturated rings. The molecule has 1 aliphatic heterocycles. The average molecular weight is 284 g/mol. The summed E-state index contributed by atoms with van der Waals surface area (Å²) in [6.07, 6.45) is 2.21. The van der Waals surface area contributed by atoms with Crippen LogP contribution in [0.3, 0.4) is 0 Å². The lowest BCUT2D eigenvalue weighted by atomic mass is 10.0. The summed E-state index contributed by atoms with van der Waals surface area (Å²) in [5, 5.41) is 5.94. The van der Waals surface area contributed by atoms with Gasteiger partial charge in [0.25, 0.3) is 0 Å². The molecular formula is C16H16N2O3. The van der Waals surface area contributed by atoms with Gasteiger partial charge < -0.3 is 9.15 Å². The number of para-hydroxylation sites is 1. The maximum atomic E-state index is 11.8. The molecule has 0 radical (unpaired) electrons. The Labute approximate surface area is 122 Å². The van der Waals surface area contributed by atoms with Crippen molar-refractivity contribution in [1.82, 2.24) is 5.01 Å². The van der Waals surface area contributed by atoms with Gasteiger partial charge in [0, 0.05) is 18.9 Å². The Morgan fingerprint density at radius 2 is 2.14 bits per heavy atom. The quantitative estimate of drug-likeness (QED) is 0.870. The second-order valence-electron chi connectivity index (χ2n) is 4.85. The number of hydrogen-bond donors (Lipinski definition) is 0. The van der Waals surface area contributed by atoms with E-state index in [1.54, 1.807) is 13.4 Å². The number of nitrogens with zero attached hydrogens (tertiary/aromatic N) is 2. The van der Waals surface area contributed by atoms with Crippen LogP contribution < -0.4 is 4.74 Å². The molecule has 1 aromatic heterocycles. The maximum Gasteiger partial charge on any atom is 0.240 e. The second-order valence-corrected chi connectivity index (χ2v) is 4.85. The molecule has 21 heavy (non-hydrogen) atoms. The minimum atomic E-state index is -0.197. The van der Waals surface area contributed by atoms with Crippen molar-refractivity contribution >= 4 is 11.6 Å². The van der Waals surface area contributed by atoms with Gasteiger partial charge in [0.2, 0.25) is 5.91 Å². The number of hydrazone groups is 1. The maximum absolute atomic E-state index is 11.8. The van der Waals surface area contributed by atoms with E-state index in [4.69, 9.17) is 9.15 Å². The molecule has 108 valence electrons. The van der Waals surface area contributed by atoms with Crippen molar-refractivity contribution in [2.75, 3.05) is 7.11 Å². The highest BCUT2D eigenvalue weighted by Gasteiger charge is 2.33. The Morgan fingerprint density at radius 3 is 2.81 bits per heavy atom. The number of carbonyl (C=O) groups excluding carboxylic acids is 1. The largest absolute Gasteiger partial charge is 0.496 e. The molecule has 5 heteroatoms. The highest BCUT2D eigenvalue weighted by atomic mass is 16.5. The van der Waals surface area contributed by atoms with Crippen LogP contribution in [0.2, 0.25) is 0 Å². The van der Waals surface area contributed by atoms with E-state index in [9.17, 15) is 4.79 Å². The molecule has 3 rings (SSSR count). The van der Waals surface area contributed by atoms with Gasteiger partial charge >= 0.3 is 0 Å². The Bertz CT molecular complexity index is 677. The smallest absolute Gasteiger partial charge is 0.240 e. The summed E-state index contributed by atoms with van der Waals surface area (Å²) < 4.78 is 10.8. The van der Waals surface area contributed by atoms with Crippen LogP contribution in [-0.2, 0) is 4.79 Å². The lowest BCUT2D eigenvalue weighted by molar-refractivity contribution is -0.130. The first-order chi connectivity index (χ1) is 10.2. The summed E-state index contributed by atoms with van der Waals surface area (Å²) in [5.74, 6) is 1.37. The molecule has 0 unspecified atom stereocenters. The number of rotatable bonds is 3. The van der Waals surface area contributed by atoms with E-state index in [2.05, 4.69) is 5.10 Å². The summed E-state index contributed by atoms with van der Waals surface area (Å²) >= 11 is 0. The Hall–Kier alpha value is -2.56. The first kappa shape index (κ1) is 13.4. The third kappa shape index (κ3) is 2.42. The topological polar surface area (TPSA) is 55.0 Å². The van der Waals surface area contributed by atoms with Crippen molar-refractivity contribution in [3.05, 3.63) is 54.0 Å². The van der Waals surface area contributed by atoms with Crippen molar-refractivity contribution in [3.8, 4) is 5.75 Å². The normalized spacial score (nSPS) is 17.7. The molecule has 0 saturated carbocycles. The summed E-state index contributed by atoms with van der Waals surface area (Å²) in [6, 6.07) is 11.1. The predicted octanol–water partition coefficient (Wildman–Crippen LogP) is 2.99. The van der Waals surface area contributed by atoms with E-state index in [0.717, 1.165) is 22.8 Å². The van der Waals surface area contributed by atoms with Gasteiger partial charge in [-0.15, -0.1) is 0 Å². The van der Waals surface area contributed by atoms with Crippen molar-refractivity contribution in [2.45, 2.75) is 19.4 Å². The summed E-state index contributed by atoms with van der Waals surface area (Å²) in [5.41, 5.74) is 1.73. The van der Waals surface area contributed by atoms with Crippen LogP contribution in [0.5, 0.6) is 5.75 Å². The Morgan fingerprint density at radius 1 is 1.33 bits per heavy atom. The van der Waals surface area contributed by atoms with Gasteiger partial charge in [0.05, 0.1) is 19.1 Å². The van der Waals surface area contributed by atoms with Crippen molar-refractivity contribution < 1.29 is 13.9 Å². The highest BCUT2D eigenvalue weighted by Crippen LogP contribution is 2.34. The number of methoxy groups -OCH3 is 1. The molecule has 1 aliphatic rings. The molecule has 0 N–H and O–H groups in total. The van der Waals surface area contributed by atoms with Gasteiger partial charge in [0.1, 0.15) is 17.6 Å². The van der Waals surface area contributed by atoms with E-state index in [-0.39, 0.29) is 11.9 Å². The number of furan rings is 1. The molecule has 2 aromatic rings. The summed E-state index contributed by atoms with van der Waals surface area (Å²) in [7, 11) is 1.63. The molecule has 0 spiro atoms. The predicted molar refractivity (Wildman–Crippen MR) is 78.1 cm³/mol. The summed E-state index contributed by atoms with van der Waals surface area (Å²) in [6.45, 7) is 1.50. The molecule has 1 aromatic carbocycles. The number of amides is 1. The third-order valence-electron chi connectivity index (χ3n) is 3.52. The third-order valence-corrected chi connectivity index (χ3v) is 3.52. The molecule has 5 nitrogen and oxygen atoms in total. The molecule has 0 bridgehead atoms. The lowest BCUT2D eigenvalue weighted by Gasteiger charge is -2.17. The monoisotopic (exact) mass is 284 g/mol. The minimum absolute atomic E-state index is 0.110. The van der Waals surface area contributed by atoms with E-state index in [1.807, 2.05) is 36.4 Å². The first-order valence-corrected chi connectivity index (χ1v) is 6.74. The minimum Gasteiger partial charge on any atom is -0.496 e. The molecule has 1 amide bonds. The number of carbonyl (C=O) groups is 1. The van der Waals surface area contributed by atoms with Crippen LogP contribution in [0.15, 0.2) is 52.2 Å². The van der Waals surface area contributed by atoms with Gasteiger partial charge in [-0.25, -0.2) is 5.01 Å². The summed E-state index contributed by atoms with van der Waals surface area (Å²) in [4.78, 5) is 11.8. The zero-order chi connectivity index (χ0) is 14.8. The number of ether oxygens (including phenoxy) is 1. The highest BCUT2D eigenvalue weighted by molar-refractivity contribution is 6.05. The van der Waals surface area contributed by atoms with Gasteiger partial charge in [-0.05, 0) is 24.3 Å². The Balaban J connectivity index is 1.98. The zero-order valence-electron chi connectivity index (χ0n) is 11.9. The standard InChI is InChI=1S/C16H16N2O3/c1-11(19)18-14(16-8-5-9-21-16)10-13(17-18)12-6-3-4-7-15(12)20-2/h3-9,14H,10H2,1-2H3/t14-/m1/s1. The molecule has 1 atom stereocenters. The van der Waals surface area contributed by atoms with E-state index < -0.39 is 0 Å². The fourth-order valence-corrected chi connectivity index (χ4v) is 2.55. The van der Waals surface area contributed by atoms with Crippen molar-refractivity contribution in [3.63, 3.8) is 0 Å². The Kier molecular flexibility index (Phi) is 3.48. The van der Waals surface area contributed by atoms with E-state index >= 15 is 0 Å². The molecular weight excluding hydrogens is 268 g/mol. The first-order valence-electron chi connectivity index (χ1n) is 6.74. The van der Waals surface area contributed by atoms with E-state index in [1.165, 1.54) is 11.9 Å². The van der Waals surface area contributed by atoms with Crippen LogP contribution in [0.25, 0.3) is 0 Å². The van der Waals surface area contributed by atoms with Crippen LogP contribution in [0.4, 0.5) is 0 Å². The average Bonchev–Trinajstić information content (AvgIpc) is 3.16. The van der Waals surface area contributed by atoms with Gasteiger partial charge in [-0.2, -0.15) is 5.10 Å².